The van der Waals surface area contributed by atoms with Gasteiger partial charge >= 0.3 is 0 Å². The quantitative estimate of drug-likeness (QED) is 0.713. The fourth-order valence-electron chi connectivity index (χ4n) is 2.16. The number of aryl methyl sites for hydroxylation is 1. The molecule has 1 aromatic carbocycles. The third-order valence-corrected chi connectivity index (χ3v) is 3.21. The Morgan fingerprint density at radius 3 is 2.87 bits per heavy atom. The third kappa shape index (κ3) is 2.91. The van der Waals surface area contributed by atoms with Gasteiger partial charge in [0.15, 0.2) is 5.69 Å². The van der Waals surface area contributed by atoms with Crippen molar-refractivity contribution in [1.29, 1.82) is 0 Å². The molecule has 0 fully saturated rings. The maximum Gasteiger partial charge on any atom is 0.271 e. The number of carbonyl (C=O) groups excluding carboxylic acids is 1. The summed E-state index contributed by atoms with van der Waals surface area (Å²) in [6.07, 6.45) is 10.5. The van der Waals surface area contributed by atoms with Gasteiger partial charge in [-0.1, -0.05) is 12.0 Å². The number of primary amides is 1. The number of rotatable bonds is 4. The number of hydrogen-bond acceptors (Lipinski definition) is 4. The molecule has 0 bridgehead atoms. The molecule has 7 nitrogen and oxygen atoms in total. The van der Waals surface area contributed by atoms with E-state index in [9.17, 15) is 4.79 Å². The number of carbonyl (C=O) groups is 1. The van der Waals surface area contributed by atoms with E-state index in [1.54, 1.807) is 41.1 Å². The van der Waals surface area contributed by atoms with Crippen LogP contribution in [0, 0.1) is 12.3 Å². The Morgan fingerprint density at radius 1 is 1.39 bits per heavy atom. The van der Waals surface area contributed by atoms with Crippen LogP contribution in [0.4, 0.5) is 11.4 Å². The van der Waals surface area contributed by atoms with Crippen LogP contribution in [-0.2, 0) is 7.05 Å². The first-order valence-electron chi connectivity index (χ1n) is 6.79. The minimum atomic E-state index is -0.622. The lowest BCUT2D eigenvalue weighted by molar-refractivity contribution is 0.0996. The van der Waals surface area contributed by atoms with Crippen molar-refractivity contribution in [2.75, 3.05) is 5.32 Å². The van der Waals surface area contributed by atoms with Gasteiger partial charge in [0.25, 0.3) is 5.91 Å². The summed E-state index contributed by atoms with van der Waals surface area (Å²) >= 11 is 0. The molecule has 23 heavy (non-hydrogen) atoms. The van der Waals surface area contributed by atoms with E-state index in [1.165, 1.54) is 0 Å². The van der Waals surface area contributed by atoms with E-state index in [1.807, 2.05) is 18.2 Å². The molecule has 0 atom stereocenters. The lowest BCUT2D eigenvalue weighted by atomic mass is 10.2. The smallest absolute Gasteiger partial charge is 0.271 e. The van der Waals surface area contributed by atoms with Crippen LogP contribution in [0.25, 0.3) is 5.69 Å². The minimum Gasteiger partial charge on any atom is -0.364 e. The highest BCUT2D eigenvalue weighted by molar-refractivity contribution is 5.97. The SMILES string of the molecule is C#Cc1cccc(-n2cc(Nc3cnn(C)c3)c(C(N)=O)n2)c1. The fraction of sp³-hybridized carbons (Fsp3) is 0.0625. The maximum absolute atomic E-state index is 11.6. The van der Waals surface area contributed by atoms with Crippen LogP contribution >= 0.6 is 0 Å². The molecule has 0 saturated carbocycles. The van der Waals surface area contributed by atoms with Gasteiger partial charge < -0.3 is 11.1 Å². The number of anilines is 2. The first-order chi connectivity index (χ1) is 11.1. The first kappa shape index (κ1) is 14.4. The monoisotopic (exact) mass is 306 g/mol. The van der Waals surface area contributed by atoms with Gasteiger partial charge in [-0.05, 0) is 18.2 Å². The highest BCUT2D eigenvalue weighted by Gasteiger charge is 2.15. The van der Waals surface area contributed by atoms with Crippen molar-refractivity contribution >= 4 is 17.3 Å². The number of terminal acetylenes is 1. The highest BCUT2D eigenvalue weighted by atomic mass is 16.1. The number of aromatic nitrogens is 4. The van der Waals surface area contributed by atoms with Crippen LogP contribution in [-0.4, -0.2) is 25.5 Å². The summed E-state index contributed by atoms with van der Waals surface area (Å²) in [7, 11) is 1.80. The summed E-state index contributed by atoms with van der Waals surface area (Å²) in [4.78, 5) is 11.6. The van der Waals surface area contributed by atoms with E-state index in [0.29, 0.717) is 5.69 Å². The number of amides is 1. The van der Waals surface area contributed by atoms with E-state index >= 15 is 0 Å². The van der Waals surface area contributed by atoms with Crippen molar-refractivity contribution in [1.82, 2.24) is 19.6 Å². The van der Waals surface area contributed by atoms with Gasteiger partial charge in [0.2, 0.25) is 0 Å². The zero-order valence-corrected chi connectivity index (χ0v) is 12.4. The topological polar surface area (TPSA) is 90.8 Å². The van der Waals surface area contributed by atoms with Gasteiger partial charge in [0.1, 0.15) is 0 Å². The van der Waals surface area contributed by atoms with Crippen LogP contribution in [0.15, 0.2) is 42.9 Å². The standard InChI is InChI=1S/C16H14N6O/c1-3-11-5-4-6-13(7-11)22-10-14(15(20-22)16(17)23)19-12-8-18-21(2)9-12/h1,4-10,19H,2H3,(H2,17,23). The van der Waals surface area contributed by atoms with Gasteiger partial charge in [-0.25, -0.2) is 4.68 Å². The van der Waals surface area contributed by atoms with E-state index in [2.05, 4.69) is 21.4 Å². The first-order valence-corrected chi connectivity index (χ1v) is 6.79. The Bertz CT molecular complexity index is 915. The molecule has 2 aromatic heterocycles. The average Bonchev–Trinajstić information content (AvgIpc) is 3.14. The molecule has 0 aliphatic rings. The van der Waals surface area contributed by atoms with Gasteiger partial charge in [-0.15, -0.1) is 6.42 Å². The molecule has 7 heteroatoms. The second-order valence-corrected chi connectivity index (χ2v) is 4.92. The van der Waals surface area contributed by atoms with Crippen LogP contribution in [0.2, 0.25) is 0 Å². The predicted molar refractivity (Wildman–Crippen MR) is 86.5 cm³/mol. The fourth-order valence-corrected chi connectivity index (χ4v) is 2.16. The van der Waals surface area contributed by atoms with E-state index in [0.717, 1.165) is 16.9 Å². The van der Waals surface area contributed by atoms with Crippen molar-refractivity contribution in [3.05, 3.63) is 54.1 Å². The van der Waals surface area contributed by atoms with Crippen LogP contribution in [0.1, 0.15) is 16.1 Å². The molecule has 0 radical (unpaired) electrons. The van der Waals surface area contributed by atoms with E-state index < -0.39 is 5.91 Å². The Balaban J connectivity index is 2.01. The second-order valence-electron chi connectivity index (χ2n) is 4.92. The number of nitrogens with two attached hydrogens (primary N) is 1. The van der Waals surface area contributed by atoms with Gasteiger partial charge in [0, 0.05) is 18.8 Å². The Hall–Kier alpha value is -3.53. The molecule has 1 amide bonds. The molecule has 0 spiro atoms. The van der Waals surface area contributed by atoms with Crippen LogP contribution in [0.3, 0.4) is 0 Å². The lowest BCUT2D eigenvalue weighted by Gasteiger charge is -2.01. The Kier molecular flexibility index (Phi) is 3.57. The molecular formula is C16H14N6O. The second kappa shape index (κ2) is 5.69. The molecule has 0 saturated heterocycles. The molecular weight excluding hydrogens is 292 g/mol. The molecule has 0 unspecified atom stereocenters. The van der Waals surface area contributed by atoms with Crippen molar-refractivity contribution < 1.29 is 4.79 Å². The summed E-state index contributed by atoms with van der Waals surface area (Å²) in [5.41, 5.74) is 8.24. The summed E-state index contributed by atoms with van der Waals surface area (Å²) in [6.45, 7) is 0. The lowest BCUT2D eigenvalue weighted by Crippen LogP contribution is -2.14. The number of benzene rings is 1. The third-order valence-electron chi connectivity index (χ3n) is 3.21. The molecule has 3 aromatic rings. The molecule has 3 N–H and O–H groups in total. The van der Waals surface area contributed by atoms with Gasteiger partial charge in [-0.2, -0.15) is 10.2 Å². The number of nitrogens with zero attached hydrogens (tertiary/aromatic N) is 4. The normalized spacial score (nSPS) is 10.3. The van der Waals surface area contributed by atoms with Crippen molar-refractivity contribution in [3.8, 4) is 18.0 Å². The van der Waals surface area contributed by atoms with Gasteiger partial charge in [0.05, 0.1) is 29.5 Å². The average molecular weight is 306 g/mol. The molecule has 114 valence electrons. The molecule has 0 aliphatic heterocycles. The Morgan fingerprint density at radius 2 is 2.22 bits per heavy atom. The molecule has 2 heterocycles. The predicted octanol–water partition coefficient (Wildman–Crippen LogP) is 1.43. The molecule has 3 rings (SSSR count). The number of nitrogens with one attached hydrogen (secondary N) is 1. The maximum atomic E-state index is 11.6. The van der Waals surface area contributed by atoms with E-state index in [-0.39, 0.29) is 5.69 Å². The largest absolute Gasteiger partial charge is 0.364 e. The summed E-state index contributed by atoms with van der Waals surface area (Å²) < 4.78 is 3.20. The zero-order chi connectivity index (χ0) is 16.4. The van der Waals surface area contributed by atoms with Crippen LogP contribution < -0.4 is 11.1 Å². The summed E-state index contributed by atoms with van der Waals surface area (Å²) in [5, 5.41) is 11.4. The molecule has 0 aliphatic carbocycles. The van der Waals surface area contributed by atoms with E-state index in [4.69, 9.17) is 12.2 Å². The minimum absolute atomic E-state index is 0.139. The van der Waals surface area contributed by atoms with Crippen LogP contribution in [0.5, 0.6) is 0 Å². The summed E-state index contributed by atoms with van der Waals surface area (Å²) in [6, 6.07) is 7.28. The van der Waals surface area contributed by atoms with Gasteiger partial charge in [-0.3, -0.25) is 9.48 Å². The Labute approximate surface area is 132 Å². The highest BCUT2D eigenvalue weighted by Crippen LogP contribution is 2.21. The van der Waals surface area contributed by atoms with Crippen molar-refractivity contribution in [2.24, 2.45) is 12.8 Å². The van der Waals surface area contributed by atoms with Crippen molar-refractivity contribution in [2.45, 2.75) is 0 Å². The summed E-state index contributed by atoms with van der Waals surface area (Å²) in [5.74, 6) is 1.94. The number of hydrogen-bond donors (Lipinski definition) is 2. The zero-order valence-electron chi connectivity index (χ0n) is 12.4. The van der Waals surface area contributed by atoms with Crippen molar-refractivity contribution in [3.63, 3.8) is 0 Å².